The average Bonchev–Trinajstić information content (AvgIpc) is 2.73. The molecule has 0 amide bonds. The van der Waals surface area contributed by atoms with Gasteiger partial charge in [0.25, 0.3) is 5.56 Å². The molecule has 27 heavy (non-hydrogen) atoms. The third-order valence-electron chi connectivity index (χ3n) is 7.73. The lowest BCUT2D eigenvalue weighted by molar-refractivity contribution is 0.0535. The van der Waals surface area contributed by atoms with Gasteiger partial charge < -0.3 is 9.47 Å². The zero-order valence-corrected chi connectivity index (χ0v) is 16.4. The number of fused-ring (bicyclic) bond motifs is 2. The lowest BCUT2D eigenvalue weighted by Gasteiger charge is -2.45. The van der Waals surface area contributed by atoms with Crippen LogP contribution >= 0.6 is 0 Å². The van der Waals surface area contributed by atoms with Crippen molar-refractivity contribution in [3.05, 3.63) is 46.8 Å². The van der Waals surface area contributed by atoms with E-state index in [1.807, 2.05) is 6.07 Å². The van der Waals surface area contributed by atoms with Crippen molar-refractivity contribution in [2.45, 2.75) is 69.9 Å². The molecule has 1 aromatic carbocycles. The molecular weight excluding hydrogens is 332 g/mol. The molecule has 2 aromatic rings. The van der Waals surface area contributed by atoms with E-state index in [1.54, 1.807) is 6.07 Å². The molecular formula is C24H32N2O. The summed E-state index contributed by atoms with van der Waals surface area (Å²) in [5.74, 6) is 2.03. The standard InChI is InChI=1S/C24H32N2O/c27-24-12-10-19-6-3-4-8-23(19)26(24)21-13-15-25(16-14-21)22-11-9-18-5-1-2-7-20(18)17-22/h3-4,6,8,10,12,18,20-22H,1-2,5,7,9,11,13-17H2. The van der Waals surface area contributed by atoms with Crippen molar-refractivity contribution in [3.63, 3.8) is 0 Å². The van der Waals surface area contributed by atoms with Gasteiger partial charge in [0.15, 0.2) is 0 Å². The van der Waals surface area contributed by atoms with Gasteiger partial charge in [0.2, 0.25) is 0 Å². The van der Waals surface area contributed by atoms with E-state index in [2.05, 4.69) is 33.7 Å². The fourth-order valence-electron chi connectivity index (χ4n) is 6.27. The molecule has 1 aromatic heterocycles. The first-order chi connectivity index (χ1) is 13.3. The molecule has 3 aliphatic rings. The van der Waals surface area contributed by atoms with Crippen LogP contribution in [0.25, 0.3) is 10.9 Å². The molecule has 3 atom stereocenters. The lowest BCUT2D eigenvalue weighted by Crippen LogP contribution is -2.46. The van der Waals surface area contributed by atoms with E-state index in [0.29, 0.717) is 6.04 Å². The van der Waals surface area contributed by atoms with Crippen LogP contribution in [-0.4, -0.2) is 28.6 Å². The van der Waals surface area contributed by atoms with Gasteiger partial charge in [-0.05, 0) is 61.5 Å². The van der Waals surface area contributed by atoms with Crippen LogP contribution in [0.3, 0.4) is 0 Å². The number of pyridine rings is 1. The second kappa shape index (κ2) is 7.43. The SMILES string of the molecule is O=c1ccc2ccccc2n1C1CCN(C2CCC3CCCCC3C2)CC1. The van der Waals surface area contributed by atoms with Gasteiger partial charge in [0.1, 0.15) is 0 Å². The molecule has 2 heterocycles. The summed E-state index contributed by atoms with van der Waals surface area (Å²) < 4.78 is 2.07. The van der Waals surface area contributed by atoms with Crippen molar-refractivity contribution < 1.29 is 0 Å². The molecule has 0 radical (unpaired) electrons. The van der Waals surface area contributed by atoms with Crippen molar-refractivity contribution in [3.8, 4) is 0 Å². The van der Waals surface area contributed by atoms with Crippen molar-refractivity contribution in [2.24, 2.45) is 11.8 Å². The van der Waals surface area contributed by atoms with Gasteiger partial charge in [-0.1, -0.05) is 43.9 Å². The zero-order valence-electron chi connectivity index (χ0n) is 16.4. The number of hydrogen-bond donors (Lipinski definition) is 0. The van der Waals surface area contributed by atoms with E-state index in [4.69, 9.17) is 0 Å². The number of benzene rings is 1. The Bertz CT molecular complexity index is 849. The minimum absolute atomic E-state index is 0.162. The zero-order chi connectivity index (χ0) is 18.2. The summed E-state index contributed by atoms with van der Waals surface area (Å²) in [6.07, 6.45) is 12.4. The predicted octanol–water partition coefficient (Wildman–Crippen LogP) is 5.00. The fourth-order valence-corrected chi connectivity index (χ4v) is 6.27. The topological polar surface area (TPSA) is 25.2 Å². The van der Waals surface area contributed by atoms with E-state index >= 15 is 0 Å². The van der Waals surface area contributed by atoms with Gasteiger partial charge in [-0.25, -0.2) is 0 Å². The largest absolute Gasteiger partial charge is 0.305 e. The first kappa shape index (κ1) is 17.5. The Morgan fingerprint density at radius 3 is 2.37 bits per heavy atom. The normalized spacial score (nSPS) is 30.3. The van der Waals surface area contributed by atoms with Crippen molar-refractivity contribution in [1.29, 1.82) is 0 Å². The maximum absolute atomic E-state index is 12.6. The molecule has 2 aliphatic carbocycles. The second-order valence-corrected chi connectivity index (χ2v) is 9.14. The Hall–Kier alpha value is -1.61. The van der Waals surface area contributed by atoms with E-state index < -0.39 is 0 Å². The highest BCUT2D eigenvalue weighted by Crippen LogP contribution is 2.42. The van der Waals surface area contributed by atoms with Crippen molar-refractivity contribution >= 4 is 10.9 Å². The average molecular weight is 365 g/mol. The molecule has 0 bridgehead atoms. The lowest BCUT2D eigenvalue weighted by atomic mass is 9.69. The number of likely N-dealkylation sites (tertiary alicyclic amines) is 1. The van der Waals surface area contributed by atoms with Crippen LogP contribution in [-0.2, 0) is 0 Å². The molecule has 1 aliphatic heterocycles. The number of nitrogens with zero attached hydrogens (tertiary/aromatic N) is 2. The maximum Gasteiger partial charge on any atom is 0.251 e. The number of hydrogen-bond acceptors (Lipinski definition) is 2. The molecule has 2 saturated carbocycles. The molecule has 144 valence electrons. The molecule has 3 nitrogen and oxygen atoms in total. The van der Waals surface area contributed by atoms with E-state index in [9.17, 15) is 4.79 Å². The van der Waals surface area contributed by atoms with Gasteiger partial charge in [0, 0.05) is 31.2 Å². The van der Waals surface area contributed by atoms with Crippen LogP contribution in [0.2, 0.25) is 0 Å². The van der Waals surface area contributed by atoms with Crippen LogP contribution in [0.1, 0.15) is 63.8 Å². The quantitative estimate of drug-likeness (QED) is 0.749. The maximum atomic E-state index is 12.6. The molecule has 1 saturated heterocycles. The highest BCUT2D eigenvalue weighted by molar-refractivity contribution is 5.78. The van der Waals surface area contributed by atoms with Gasteiger partial charge in [-0.2, -0.15) is 0 Å². The first-order valence-corrected chi connectivity index (χ1v) is 11.1. The molecule has 0 N–H and O–H groups in total. The summed E-state index contributed by atoms with van der Waals surface area (Å²) in [6, 6.07) is 13.2. The van der Waals surface area contributed by atoms with Gasteiger partial charge >= 0.3 is 0 Å². The minimum atomic E-state index is 0.162. The Morgan fingerprint density at radius 1 is 0.741 bits per heavy atom. The number of rotatable bonds is 2. The van der Waals surface area contributed by atoms with E-state index in [0.717, 1.165) is 49.3 Å². The van der Waals surface area contributed by atoms with Crippen LogP contribution < -0.4 is 5.56 Å². The van der Waals surface area contributed by atoms with Gasteiger partial charge in [-0.3, -0.25) is 4.79 Å². The highest BCUT2D eigenvalue weighted by Gasteiger charge is 2.35. The van der Waals surface area contributed by atoms with E-state index in [-0.39, 0.29) is 5.56 Å². The minimum Gasteiger partial charge on any atom is -0.305 e. The number of para-hydroxylation sites is 1. The molecule has 3 heteroatoms. The Morgan fingerprint density at radius 2 is 1.52 bits per heavy atom. The predicted molar refractivity (Wildman–Crippen MR) is 111 cm³/mol. The molecule has 3 unspecified atom stereocenters. The molecule has 0 spiro atoms. The number of aromatic nitrogens is 1. The summed E-state index contributed by atoms with van der Waals surface area (Å²) >= 11 is 0. The Kier molecular flexibility index (Phi) is 4.81. The fraction of sp³-hybridized carbons (Fsp3) is 0.625. The summed E-state index contributed by atoms with van der Waals surface area (Å²) in [5, 5.41) is 1.18. The van der Waals surface area contributed by atoms with Crippen LogP contribution in [0.5, 0.6) is 0 Å². The van der Waals surface area contributed by atoms with Crippen LogP contribution in [0, 0.1) is 11.8 Å². The van der Waals surface area contributed by atoms with Gasteiger partial charge in [0.05, 0.1) is 5.52 Å². The van der Waals surface area contributed by atoms with Gasteiger partial charge in [-0.15, -0.1) is 0 Å². The highest BCUT2D eigenvalue weighted by atomic mass is 16.1. The Balaban J connectivity index is 1.28. The number of piperidine rings is 1. The summed E-state index contributed by atoms with van der Waals surface area (Å²) in [4.78, 5) is 15.4. The second-order valence-electron chi connectivity index (χ2n) is 9.14. The van der Waals surface area contributed by atoms with Crippen LogP contribution in [0.4, 0.5) is 0 Å². The van der Waals surface area contributed by atoms with E-state index in [1.165, 1.54) is 50.3 Å². The Labute approximate surface area is 162 Å². The van der Waals surface area contributed by atoms with Crippen molar-refractivity contribution in [2.75, 3.05) is 13.1 Å². The third-order valence-corrected chi connectivity index (χ3v) is 7.73. The monoisotopic (exact) mass is 364 g/mol. The summed E-state index contributed by atoms with van der Waals surface area (Å²) in [7, 11) is 0. The first-order valence-electron chi connectivity index (χ1n) is 11.1. The van der Waals surface area contributed by atoms with Crippen molar-refractivity contribution in [1.82, 2.24) is 9.47 Å². The smallest absolute Gasteiger partial charge is 0.251 e. The summed E-state index contributed by atoms with van der Waals surface area (Å²) in [5.41, 5.74) is 1.26. The summed E-state index contributed by atoms with van der Waals surface area (Å²) in [6.45, 7) is 2.31. The molecule has 3 fully saturated rings. The molecule has 5 rings (SSSR count). The third kappa shape index (κ3) is 3.35. The van der Waals surface area contributed by atoms with Crippen LogP contribution in [0.15, 0.2) is 41.2 Å².